The van der Waals surface area contributed by atoms with Crippen LogP contribution >= 0.6 is 0 Å². The van der Waals surface area contributed by atoms with Gasteiger partial charge < -0.3 is 10.4 Å². The number of carbonyl (C=O) groups is 1. The van der Waals surface area contributed by atoms with Gasteiger partial charge in [0.2, 0.25) is 5.91 Å². The van der Waals surface area contributed by atoms with Gasteiger partial charge in [-0.05, 0) is 24.8 Å². The number of nitrogens with one attached hydrogen (secondary N) is 1. The molecule has 1 aromatic carbocycles. The Bertz CT molecular complexity index is 385. The summed E-state index contributed by atoms with van der Waals surface area (Å²) in [5.41, 5.74) is 0.240. The lowest BCUT2D eigenvalue weighted by Gasteiger charge is -2.26. The van der Waals surface area contributed by atoms with Gasteiger partial charge in [-0.3, -0.25) is 4.79 Å². The summed E-state index contributed by atoms with van der Waals surface area (Å²) in [7, 11) is 0. The fourth-order valence-electron chi connectivity index (χ4n) is 2.13. The van der Waals surface area contributed by atoms with Crippen molar-refractivity contribution in [3.63, 3.8) is 0 Å². The van der Waals surface area contributed by atoms with Gasteiger partial charge in [-0.25, -0.2) is 0 Å². The van der Waals surface area contributed by atoms with Crippen molar-refractivity contribution in [2.75, 3.05) is 6.54 Å². The zero-order valence-electron chi connectivity index (χ0n) is 12.1. The van der Waals surface area contributed by atoms with Gasteiger partial charge in [0.15, 0.2) is 0 Å². The SMILES string of the molecule is CCC(C(=O)NCC(O)(CC)CC)c1ccccc1. The first-order valence-corrected chi connectivity index (χ1v) is 7.11. The first-order valence-electron chi connectivity index (χ1n) is 7.11. The smallest absolute Gasteiger partial charge is 0.227 e. The van der Waals surface area contributed by atoms with Crippen molar-refractivity contribution in [2.24, 2.45) is 0 Å². The summed E-state index contributed by atoms with van der Waals surface area (Å²) in [6.07, 6.45) is 2.05. The van der Waals surface area contributed by atoms with Crippen LogP contribution in [0, 0.1) is 0 Å². The van der Waals surface area contributed by atoms with Crippen molar-refractivity contribution >= 4 is 5.91 Å². The predicted molar refractivity (Wildman–Crippen MR) is 78.0 cm³/mol. The summed E-state index contributed by atoms with van der Waals surface area (Å²) in [5, 5.41) is 13.1. The van der Waals surface area contributed by atoms with Crippen LogP contribution in [0.3, 0.4) is 0 Å². The van der Waals surface area contributed by atoms with E-state index in [4.69, 9.17) is 0 Å². The molecule has 1 aromatic rings. The summed E-state index contributed by atoms with van der Waals surface area (Å²) in [5.74, 6) is -0.145. The summed E-state index contributed by atoms with van der Waals surface area (Å²) >= 11 is 0. The lowest BCUT2D eigenvalue weighted by atomic mass is 9.94. The molecule has 0 saturated heterocycles. The third-order valence-corrected chi connectivity index (χ3v) is 3.83. The maximum absolute atomic E-state index is 12.2. The Morgan fingerprint density at radius 1 is 1.21 bits per heavy atom. The predicted octanol–water partition coefficient (Wildman–Crippen LogP) is 2.85. The van der Waals surface area contributed by atoms with Gasteiger partial charge in [0.05, 0.1) is 11.5 Å². The van der Waals surface area contributed by atoms with E-state index in [9.17, 15) is 9.90 Å². The quantitative estimate of drug-likeness (QED) is 0.794. The Labute approximate surface area is 116 Å². The molecule has 0 bridgehead atoms. The molecule has 0 spiro atoms. The Kier molecular flexibility index (Phi) is 6.03. The average molecular weight is 263 g/mol. The monoisotopic (exact) mass is 263 g/mol. The minimum Gasteiger partial charge on any atom is -0.388 e. The van der Waals surface area contributed by atoms with Crippen molar-refractivity contribution in [2.45, 2.75) is 51.6 Å². The first-order chi connectivity index (χ1) is 9.06. The molecule has 2 N–H and O–H groups in total. The van der Waals surface area contributed by atoms with E-state index in [2.05, 4.69) is 5.32 Å². The number of rotatable bonds is 7. The Hall–Kier alpha value is -1.35. The molecule has 3 nitrogen and oxygen atoms in total. The highest BCUT2D eigenvalue weighted by molar-refractivity contribution is 5.83. The minimum atomic E-state index is -0.787. The highest BCUT2D eigenvalue weighted by Gasteiger charge is 2.25. The van der Waals surface area contributed by atoms with Crippen LogP contribution in [0.5, 0.6) is 0 Å². The van der Waals surface area contributed by atoms with Gasteiger partial charge in [0, 0.05) is 6.54 Å². The van der Waals surface area contributed by atoms with E-state index in [1.165, 1.54) is 0 Å². The molecule has 0 saturated carbocycles. The van der Waals surface area contributed by atoms with Crippen molar-refractivity contribution < 1.29 is 9.90 Å². The second kappa shape index (κ2) is 7.29. The second-order valence-electron chi connectivity index (χ2n) is 5.02. The van der Waals surface area contributed by atoms with Gasteiger partial charge in [-0.2, -0.15) is 0 Å². The Morgan fingerprint density at radius 2 is 1.79 bits per heavy atom. The number of benzene rings is 1. The molecule has 0 aliphatic heterocycles. The van der Waals surface area contributed by atoms with E-state index >= 15 is 0 Å². The van der Waals surface area contributed by atoms with Crippen LogP contribution in [0.25, 0.3) is 0 Å². The third kappa shape index (κ3) is 4.35. The van der Waals surface area contributed by atoms with Crippen LogP contribution in [0.2, 0.25) is 0 Å². The van der Waals surface area contributed by atoms with Gasteiger partial charge >= 0.3 is 0 Å². The lowest BCUT2D eigenvalue weighted by molar-refractivity contribution is -0.124. The third-order valence-electron chi connectivity index (χ3n) is 3.83. The summed E-state index contributed by atoms with van der Waals surface area (Å²) in [6, 6.07) is 9.78. The largest absolute Gasteiger partial charge is 0.388 e. The van der Waals surface area contributed by atoms with Crippen molar-refractivity contribution in [3.8, 4) is 0 Å². The van der Waals surface area contributed by atoms with Crippen LogP contribution < -0.4 is 5.32 Å². The van der Waals surface area contributed by atoms with E-state index in [0.717, 1.165) is 12.0 Å². The zero-order chi connectivity index (χ0) is 14.3. The summed E-state index contributed by atoms with van der Waals surface area (Å²) in [4.78, 5) is 12.2. The molecule has 0 aromatic heterocycles. The topological polar surface area (TPSA) is 49.3 Å². The zero-order valence-corrected chi connectivity index (χ0v) is 12.1. The number of carbonyl (C=O) groups excluding carboxylic acids is 1. The molecular weight excluding hydrogens is 238 g/mol. The van der Waals surface area contributed by atoms with Crippen LogP contribution in [-0.2, 0) is 4.79 Å². The molecule has 1 rings (SSSR count). The minimum absolute atomic E-state index is 0.00553. The lowest BCUT2D eigenvalue weighted by Crippen LogP contribution is -2.43. The maximum Gasteiger partial charge on any atom is 0.227 e. The molecular formula is C16H25NO2. The van der Waals surface area contributed by atoms with Gasteiger partial charge in [-0.15, -0.1) is 0 Å². The first kappa shape index (κ1) is 15.7. The van der Waals surface area contributed by atoms with Gasteiger partial charge in [-0.1, -0.05) is 51.1 Å². The fraction of sp³-hybridized carbons (Fsp3) is 0.562. The van der Waals surface area contributed by atoms with Gasteiger partial charge in [0.25, 0.3) is 0 Å². The van der Waals surface area contributed by atoms with E-state index < -0.39 is 5.60 Å². The highest BCUT2D eigenvalue weighted by atomic mass is 16.3. The van der Waals surface area contributed by atoms with Crippen LogP contribution in [0.1, 0.15) is 51.5 Å². The molecule has 1 atom stereocenters. The Balaban J connectivity index is 2.66. The van der Waals surface area contributed by atoms with E-state index in [-0.39, 0.29) is 11.8 Å². The van der Waals surface area contributed by atoms with Crippen LogP contribution in [0.15, 0.2) is 30.3 Å². The van der Waals surface area contributed by atoms with Crippen LogP contribution in [-0.4, -0.2) is 23.2 Å². The average Bonchev–Trinajstić information content (AvgIpc) is 2.46. The number of hydrogen-bond acceptors (Lipinski definition) is 2. The fourth-order valence-corrected chi connectivity index (χ4v) is 2.13. The molecule has 0 fully saturated rings. The van der Waals surface area contributed by atoms with Crippen LogP contribution in [0.4, 0.5) is 0 Å². The number of aliphatic hydroxyl groups is 1. The summed E-state index contributed by atoms with van der Waals surface area (Å²) < 4.78 is 0. The molecule has 0 aliphatic carbocycles. The van der Waals surface area contributed by atoms with Crippen molar-refractivity contribution in [1.29, 1.82) is 0 Å². The van der Waals surface area contributed by atoms with Crippen molar-refractivity contribution in [3.05, 3.63) is 35.9 Å². The highest BCUT2D eigenvalue weighted by Crippen LogP contribution is 2.20. The maximum atomic E-state index is 12.2. The summed E-state index contributed by atoms with van der Waals surface area (Å²) in [6.45, 7) is 6.19. The molecule has 0 radical (unpaired) electrons. The second-order valence-corrected chi connectivity index (χ2v) is 5.02. The standard InChI is InChI=1S/C16H25NO2/c1-4-14(13-10-8-7-9-11-13)15(18)17-12-16(19,5-2)6-3/h7-11,14,19H,4-6,12H2,1-3H3,(H,17,18). The normalized spacial score (nSPS) is 13.1. The van der Waals surface area contributed by atoms with E-state index in [1.54, 1.807) is 0 Å². The van der Waals surface area contributed by atoms with Gasteiger partial charge in [0.1, 0.15) is 0 Å². The Morgan fingerprint density at radius 3 is 2.26 bits per heavy atom. The molecule has 19 heavy (non-hydrogen) atoms. The molecule has 106 valence electrons. The van der Waals surface area contributed by atoms with E-state index in [0.29, 0.717) is 19.4 Å². The molecule has 0 aliphatic rings. The number of amides is 1. The van der Waals surface area contributed by atoms with E-state index in [1.807, 2.05) is 51.1 Å². The molecule has 1 amide bonds. The van der Waals surface area contributed by atoms with Crippen molar-refractivity contribution in [1.82, 2.24) is 5.32 Å². The number of hydrogen-bond donors (Lipinski definition) is 2. The molecule has 1 unspecified atom stereocenters. The molecule has 3 heteroatoms. The molecule has 0 heterocycles.